The number of hydrogen-bond acceptors (Lipinski definition) is 2. The topological polar surface area (TPSA) is 42.0 Å². The molecule has 3 nitrogen and oxygen atoms in total. The van der Waals surface area contributed by atoms with E-state index >= 15 is 0 Å². The zero-order valence-electron chi connectivity index (χ0n) is 16.7. The van der Waals surface area contributed by atoms with Crippen LogP contribution >= 0.6 is 0 Å². The Hall–Kier alpha value is -3.01. The summed E-state index contributed by atoms with van der Waals surface area (Å²) in [4.78, 5) is 17.2. The van der Waals surface area contributed by atoms with Gasteiger partial charge < -0.3 is 5.32 Å². The summed E-state index contributed by atoms with van der Waals surface area (Å²) in [5.74, 6) is -0.580. The molecule has 0 unspecified atom stereocenters. The molecule has 3 rings (SSSR count). The van der Waals surface area contributed by atoms with E-state index in [0.29, 0.717) is 23.1 Å². The Kier molecular flexibility index (Phi) is 5.59. The number of nitrogens with zero attached hydrogens (tertiary/aromatic N) is 1. The van der Waals surface area contributed by atoms with Crippen LogP contribution in [0, 0.1) is 12.7 Å². The van der Waals surface area contributed by atoms with Crippen LogP contribution in [-0.2, 0) is 0 Å². The number of aromatic nitrogens is 1. The van der Waals surface area contributed by atoms with Crippen LogP contribution in [0.4, 0.5) is 4.39 Å². The van der Waals surface area contributed by atoms with Crippen molar-refractivity contribution in [2.75, 3.05) is 0 Å². The number of aryl methyl sites for hydroxylation is 1. The fourth-order valence-corrected chi connectivity index (χ4v) is 3.48. The number of carbonyl (C=O) groups excluding carboxylic acids is 1. The van der Waals surface area contributed by atoms with E-state index < -0.39 is 5.54 Å². The molecule has 144 valence electrons. The third-order valence-corrected chi connectivity index (χ3v) is 4.62. The van der Waals surface area contributed by atoms with Crippen LogP contribution < -0.4 is 5.32 Å². The number of rotatable bonds is 5. The third kappa shape index (κ3) is 4.63. The molecule has 0 radical (unpaired) electrons. The van der Waals surface area contributed by atoms with Gasteiger partial charge in [0.2, 0.25) is 0 Å². The number of carbonyl (C=O) groups is 1. The maximum Gasteiger partial charge on any atom is 0.253 e. The molecule has 1 aromatic heterocycles. The maximum atomic E-state index is 13.9. The first-order valence-electron chi connectivity index (χ1n) is 9.36. The summed E-state index contributed by atoms with van der Waals surface area (Å²) in [6.07, 6.45) is 2.84. The molecule has 1 amide bonds. The molecule has 0 aliphatic rings. The van der Waals surface area contributed by atoms with Crippen molar-refractivity contribution in [2.24, 2.45) is 0 Å². The Labute approximate surface area is 165 Å². The van der Waals surface area contributed by atoms with Gasteiger partial charge in [0, 0.05) is 10.9 Å². The van der Waals surface area contributed by atoms with Crippen molar-refractivity contribution in [2.45, 2.75) is 39.7 Å². The lowest BCUT2D eigenvalue weighted by atomic mass is 9.93. The first kappa shape index (κ1) is 19.7. The molecule has 0 aliphatic heterocycles. The number of hydrogen-bond donors (Lipinski definition) is 1. The van der Waals surface area contributed by atoms with Gasteiger partial charge in [-0.05, 0) is 51.8 Å². The molecule has 0 fully saturated rings. The van der Waals surface area contributed by atoms with Crippen molar-refractivity contribution in [3.8, 4) is 0 Å². The number of fused-ring (bicyclic) bond motifs is 1. The lowest BCUT2D eigenvalue weighted by Crippen LogP contribution is -2.43. The molecule has 2 aromatic carbocycles. The van der Waals surface area contributed by atoms with Crippen LogP contribution in [0.3, 0.4) is 0 Å². The van der Waals surface area contributed by atoms with E-state index in [0.717, 1.165) is 5.56 Å². The fraction of sp³-hybridized carbons (Fsp3) is 0.250. The molecule has 0 bridgehead atoms. The average molecular weight is 376 g/mol. The van der Waals surface area contributed by atoms with Gasteiger partial charge >= 0.3 is 0 Å². The van der Waals surface area contributed by atoms with Crippen LogP contribution in [0.5, 0.6) is 0 Å². The molecular weight excluding hydrogens is 351 g/mol. The minimum absolute atomic E-state index is 0.200. The van der Waals surface area contributed by atoms with E-state index in [2.05, 4.69) is 35.4 Å². The molecule has 0 saturated heterocycles. The second-order valence-electron chi connectivity index (χ2n) is 7.85. The van der Waals surface area contributed by atoms with E-state index in [-0.39, 0.29) is 17.2 Å². The number of pyridine rings is 1. The number of halogens is 1. The van der Waals surface area contributed by atoms with Gasteiger partial charge in [-0.15, -0.1) is 0 Å². The van der Waals surface area contributed by atoms with Crippen LogP contribution in [-0.4, -0.2) is 16.4 Å². The molecular formula is C24H25FN2O. The first-order chi connectivity index (χ1) is 13.2. The van der Waals surface area contributed by atoms with Gasteiger partial charge in [-0.3, -0.25) is 4.79 Å². The highest BCUT2D eigenvalue weighted by Crippen LogP contribution is 2.22. The Morgan fingerprint density at radius 2 is 1.86 bits per heavy atom. The maximum absolute atomic E-state index is 13.9. The Morgan fingerprint density at radius 1 is 1.14 bits per heavy atom. The third-order valence-electron chi connectivity index (χ3n) is 4.62. The highest BCUT2D eigenvalue weighted by molar-refractivity contribution is 5.99. The summed E-state index contributed by atoms with van der Waals surface area (Å²) in [7, 11) is 0. The highest BCUT2D eigenvalue weighted by Gasteiger charge is 2.23. The fourth-order valence-electron chi connectivity index (χ4n) is 3.48. The second-order valence-corrected chi connectivity index (χ2v) is 7.85. The van der Waals surface area contributed by atoms with E-state index in [4.69, 9.17) is 0 Å². The van der Waals surface area contributed by atoms with Gasteiger partial charge in [0.1, 0.15) is 11.3 Å². The predicted molar refractivity (Wildman–Crippen MR) is 113 cm³/mol. The average Bonchev–Trinajstić information content (AvgIpc) is 2.61. The van der Waals surface area contributed by atoms with Crippen LogP contribution in [0.1, 0.15) is 48.8 Å². The van der Waals surface area contributed by atoms with Crippen molar-refractivity contribution in [1.29, 1.82) is 0 Å². The lowest BCUT2D eigenvalue weighted by Gasteiger charge is -2.27. The smallest absolute Gasteiger partial charge is 0.253 e. The molecule has 0 spiro atoms. The number of benzene rings is 2. The summed E-state index contributed by atoms with van der Waals surface area (Å²) in [6.45, 7) is 7.79. The van der Waals surface area contributed by atoms with E-state index in [9.17, 15) is 9.18 Å². The van der Waals surface area contributed by atoms with E-state index in [1.807, 2.05) is 32.0 Å². The number of amides is 1. The molecule has 0 atom stereocenters. The van der Waals surface area contributed by atoms with Gasteiger partial charge in [0.15, 0.2) is 0 Å². The first-order valence-corrected chi connectivity index (χ1v) is 9.36. The van der Waals surface area contributed by atoms with E-state index in [1.165, 1.54) is 11.6 Å². The Balaban J connectivity index is 1.78. The number of nitrogens with one attached hydrogen (secondary N) is 1. The lowest BCUT2D eigenvalue weighted by molar-refractivity contribution is 0.0912. The highest BCUT2D eigenvalue weighted by atomic mass is 19.1. The van der Waals surface area contributed by atoms with Crippen molar-refractivity contribution in [3.05, 3.63) is 82.8 Å². The van der Waals surface area contributed by atoms with Crippen LogP contribution in [0.2, 0.25) is 0 Å². The molecule has 0 saturated carbocycles. The molecule has 28 heavy (non-hydrogen) atoms. The molecule has 3 aromatic rings. The van der Waals surface area contributed by atoms with Gasteiger partial charge in [-0.1, -0.05) is 54.1 Å². The Bertz CT molecular complexity index is 1040. The summed E-state index contributed by atoms with van der Waals surface area (Å²) in [5.41, 5.74) is 3.15. The van der Waals surface area contributed by atoms with Gasteiger partial charge in [-0.2, -0.15) is 0 Å². The minimum Gasteiger partial charge on any atom is -0.347 e. The van der Waals surface area contributed by atoms with Crippen molar-refractivity contribution < 1.29 is 9.18 Å². The minimum atomic E-state index is -0.435. The van der Waals surface area contributed by atoms with Crippen molar-refractivity contribution in [1.82, 2.24) is 10.3 Å². The van der Waals surface area contributed by atoms with Crippen LogP contribution in [0.15, 0.2) is 60.2 Å². The normalized spacial score (nSPS) is 12.2. The van der Waals surface area contributed by atoms with Gasteiger partial charge in [0.25, 0.3) is 5.91 Å². The molecule has 1 heterocycles. The van der Waals surface area contributed by atoms with Crippen LogP contribution in [0.25, 0.3) is 17.0 Å². The summed E-state index contributed by atoms with van der Waals surface area (Å²) in [5, 5.41) is 3.72. The quantitative estimate of drug-likeness (QED) is 0.622. The largest absolute Gasteiger partial charge is 0.347 e. The molecule has 4 heteroatoms. The molecule has 0 aliphatic carbocycles. The SMILES string of the molecule is C/C(=C\c1ccccc1)CC(C)(C)NC(=O)c1cc2cccc(F)c2nc1C. The number of para-hydroxylation sites is 1. The van der Waals surface area contributed by atoms with Crippen molar-refractivity contribution >= 4 is 22.9 Å². The zero-order valence-corrected chi connectivity index (χ0v) is 16.7. The molecule has 1 N–H and O–H groups in total. The monoisotopic (exact) mass is 376 g/mol. The predicted octanol–water partition coefficient (Wildman–Crippen LogP) is 5.68. The standard InChI is InChI=1S/C24H25FN2O/c1-16(13-18-9-6-5-7-10-18)15-24(3,4)27-23(28)20-14-19-11-8-12-21(25)22(19)26-17(20)2/h5-14H,15H2,1-4H3,(H,27,28)/b16-13+. The van der Waals surface area contributed by atoms with E-state index in [1.54, 1.807) is 25.1 Å². The van der Waals surface area contributed by atoms with Gasteiger partial charge in [0.05, 0.1) is 11.3 Å². The Morgan fingerprint density at radius 3 is 2.57 bits per heavy atom. The summed E-state index contributed by atoms with van der Waals surface area (Å²) >= 11 is 0. The summed E-state index contributed by atoms with van der Waals surface area (Å²) < 4.78 is 13.9. The zero-order chi connectivity index (χ0) is 20.3. The van der Waals surface area contributed by atoms with Gasteiger partial charge in [-0.25, -0.2) is 9.37 Å². The second kappa shape index (κ2) is 7.93. The summed E-state index contributed by atoms with van der Waals surface area (Å²) in [6, 6.07) is 16.6. The van der Waals surface area contributed by atoms with Crippen molar-refractivity contribution in [3.63, 3.8) is 0 Å².